The zero-order valence-corrected chi connectivity index (χ0v) is 8.93. The normalized spacial score (nSPS) is 26.7. The zero-order chi connectivity index (χ0) is 10.8. The van der Waals surface area contributed by atoms with Crippen LogP contribution in [0.3, 0.4) is 0 Å². The Morgan fingerprint density at radius 3 is 3.00 bits per heavy atom. The second kappa shape index (κ2) is 4.16. The van der Waals surface area contributed by atoms with E-state index < -0.39 is 6.23 Å². The number of nitrogens with two attached hydrogens (primary N) is 1. The Morgan fingerprint density at radius 2 is 2.33 bits per heavy atom. The minimum atomic E-state index is -0.475. The molecule has 0 spiro atoms. The van der Waals surface area contributed by atoms with Crippen LogP contribution < -0.4 is 10.6 Å². The lowest BCUT2D eigenvalue weighted by Crippen LogP contribution is -2.51. The standard InChI is InChI=1S/C11H17N3O/c1-8-9(4-3-7-13-8)14-10(12)5-2-6-11(14)15/h3-4,7,10-11,15H,2,5-6,12H2,1H3. The lowest BCUT2D eigenvalue weighted by Gasteiger charge is -2.39. The summed E-state index contributed by atoms with van der Waals surface area (Å²) in [7, 11) is 0. The van der Waals surface area contributed by atoms with E-state index in [4.69, 9.17) is 5.73 Å². The maximum absolute atomic E-state index is 9.94. The van der Waals surface area contributed by atoms with Crippen LogP contribution in [-0.4, -0.2) is 22.5 Å². The highest BCUT2D eigenvalue weighted by Gasteiger charge is 2.27. The number of piperidine rings is 1. The van der Waals surface area contributed by atoms with Crippen molar-refractivity contribution in [2.24, 2.45) is 5.73 Å². The largest absolute Gasteiger partial charge is 0.374 e. The number of hydrogen-bond donors (Lipinski definition) is 2. The van der Waals surface area contributed by atoms with Gasteiger partial charge in [0.1, 0.15) is 6.23 Å². The molecule has 0 amide bonds. The molecule has 82 valence electrons. The first-order valence-corrected chi connectivity index (χ1v) is 5.34. The molecule has 1 aromatic heterocycles. The second-order valence-corrected chi connectivity index (χ2v) is 3.99. The molecule has 0 aliphatic carbocycles. The summed E-state index contributed by atoms with van der Waals surface area (Å²) in [5.41, 5.74) is 7.86. The van der Waals surface area contributed by atoms with Gasteiger partial charge in [0.2, 0.25) is 0 Å². The van der Waals surface area contributed by atoms with Crippen LogP contribution in [0.15, 0.2) is 18.3 Å². The fourth-order valence-electron chi connectivity index (χ4n) is 2.10. The number of rotatable bonds is 1. The van der Waals surface area contributed by atoms with E-state index in [1.54, 1.807) is 6.20 Å². The predicted octanol–water partition coefficient (Wildman–Crippen LogP) is 0.984. The highest BCUT2D eigenvalue weighted by atomic mass is 16.3. The second-order valence-electron chi connectivity index (χ2n) is 3.99. The highest BCUT2D eigenvalue weighted by Crippen LogP contribution is 2.27. The van der Waals surface area contributed by atoms with E-state index in [0.717, 1.165) is 30.6 Å². The molecule has 4 heteroatoms. The molecule has 2 rings (SSSR count). The van der Waals surface area contributed by atoms with E-state index in [9.17, 15) is 5.11 Å². The van der Waals surface area contributed by atoms with Gasteiger partial charge in [-0.2, -0.15) is 0 Å². The van der Waals surface area contributed by atoms with Crippen LogP contribution >= 0.6 is 0 Å². The molecule has 0 bridgehead atoms. The van der Waals surface area contributed by atoms with Crippen molar-refractivity contribution < 1.29 is 5.11 Å². The third kappa shape index (κ3) is 1.96. The van der Waals surface area contributed by atoms with Gasteiger partial charge in [-0.1, -0.05) is 0 Å². The SMILES string of the molecule is Cc1ncccc1N1C(N)CCCC1O. The number of aliphatic hydroxyl groups excluding tert-OH is 1. The molecule has 2 heterocycles. The van der Waals surface area contributed by atoms with E-state index in [2.05, 4.69) is 4.98 Å². The summed E-state index contributed by atoms with van der Waals surface area (Å²) in [5, 5.41) is 9.94. The number of hydrogen-bond acceptors (Lipinski definition) is 4. The van der Waals surface area contributed by atoms with Crippen molar-refractivity contribution >= 4 is 5.69 Å². The van der Waals surface area contributed by atoms with Crippen LogP contribution in [0.5, 0.6) is 0 Å². The van der Waals surface area contributed by atoms with Crippen molar-refractivity contribution in [2.45, 2.75) is 38.6 Å². The quantitative estimate of drug-likeness (QED) is 0.720. The van der Waals surface area contributed by atoms with Crippen LogP contribution in [0.1, 0.15) is 25.0 Å². The van der Waals surface area contributed by atoms with Gasteiger partial charge in [0, 0.05) is 6.20 Å². The van der Waals surface area contributed by atoms with Crippen molar-refractivity contribution in [3.8, 4) is 0 Å². The maximum Gasteiger partial charge on any atom is 0.128 e. The van der Waals surface area contributed by atoms with Gasteiger partial charge in [-0.3, -0.25) is 4.98 Å². The predicted molar refractivity (Wildman–Crippen MR) is 59.3 cm³/mol. The number of anilines is 1. The molecule has 0 saturated carbocycles. The minimum absolute atomic E-state index is 0.100. The van der Waals surface area contributed by atoms with Crippen LogP contribution in [0.2, 0.25) is 0 Å². The summed E-state index contributed by atoms with van der Waals surface area (Å²) in [6, 6.07) is 3.83. The molecule has 3 N–H and O–H groups in total. The summed E-state index contributed by atoms with van der Waals surface area (Å²) in [4.78, 5) is 6.08. The summed E-state index contributed by atoms with van der Waals surface area (Å²) in [6.45, 7) is 1.93. The van der Waals surface area contributed by atoms with Crippen LogP contribution in [-0.2, 0) is 0 Å². The van der Waals surface area contributed by atoms with E-state index in [-0.39, 0.29) is 6.17 Å². The minimum Gasteiger partial charge on any atom is -0.374 e. The first-order chi connectivity index (χ1) is 7.20. The van der Waals surface area contributed by atoms with Gasteiger partial charge in [-0.25, -0.2) is 0 Å². The Bertz CT molecular complexity index is 332. The Morgan fingerprint density at radius 1 is 1.53 bits per heavy atom. The van der Waals surface area contributed by atoms with Crippen molar-refractivity contribution in [2.75, 3.05) is 4.90 Å². The van der Waals surface area contributed by atoms with Crippen LogP contribution in [0, 0.1) is 6.92 Å². The highest BCUT2D eigenvalue weighted by molar-refractivity contribution is 5.51. The summed E-state index contributed by atoms with van der Waals surface area (Å²) in [6.07, 6.45) is 3.86. The number of pyridine rings is 1. The summed E-state index contributed by atoms with van der Waals surface area (Å²) >= 11 is 0. The molecular weight excluding hydrogens is 190 g/mol. The molecule has 1 saturated heterocycles. The number of aryl methyl sites for hydroxylation is 1. The van der Waals surface area contributed by atoms with E-state index in [1.165, 1.54) is 0 Å². The molecule has 2 unspecified atom stereocenters. The first kappa shape index (κ1) is 10.4. The molecular formula is C11H17N3O. The monoisotopic (exact) mass is 207 g/mol. The smallest absolute Gasteiger partial charge is 0.128 e. The van der Waals surface area contributed by atoms with E-state index >= 15 is 0 Å². The average Bonchev–Trinajstić information content (AvgIpc) is 2.20. The Hall–Kier alpha value is -1.13. The van der Waals surface area contributed by atoms with Crippen molar-refractivity contribution in [1.29, 1.82) is 0 Å². The molecule has 1 aromatic rings. The fourth-order valence-corrected chi connectivity index (χ4v) is 2.10. The third-order valence-electron chi connectivity index (χ3n) is 2.90. The zero-order valence-electron chi connectivity index (χ0n) is 8.93. The third-order valence-corrected chi connectivity index (χ3v) is 2.90. The Kier molecular flexibility index (Phi) is 2.88. The topological polar surface area (TPSA) is 62.4 Å². The van der Waals surface area contributed by atoms with E-state index in [1.807, 2.05) is 24.0 Å². The van der Waals surface area contributed by atoms with Gasteiger partial charge in [-0.05, 0) is 38.3 Å². The molecule has 2 atom stereocenters. The van der Waals surface area contributed by atoms with Gasteiger partial charge in [0.25, 0.3) is 0 Å². The van der Waals surface area contributed by atoms with Crippen LogP contribution in [0.4, 0.5) is 5.69 Å². The molecule has 4 nitrogen and oxygen atoms in total. The van der Waals surface area contributed by atoms with Gasteiger partial charge >= 0.3 is 0 Å². The molecule has 0 aromatic carbocycles. The van der Waals surface area contributed by atoms with Gasteiger partial charge in [0.15, 0.2) is 0 Å². The average molecular weight is 207 g/mol. The fraction of sp³-hybridized carbons (Fsp3) is 0.545. The first-order valence-electron chi connectivity index (χ1n) is 5.34. The summed E-state index contributed by atoms with van der Waals surface area (Å²) < 4.78 is 0. The number of nitrogens with zero attached hydrogens (tertiary/aromatic N) is 2. The van der Waals surface area contributed by atoms with Gasteiger partial charge < -0.3 is 15.7 Å². The lowest BCUT2D eigenvalue weighted by molar-refractivity contribution is 0.123. The molecule has 0 radical (unpaired) electrons. The molecule has 1 aliphatic rings. The maximum atomic E-state index is 9.94. The Balaban J connectivity index is 2.31. The van der Waals surface area contributed by atoms with Crippen molar-refractivity contribution in [3.63, 3.8) is 0 Å². The summed E-state index contributed by atoms with van der Waals surface area (Å²) in [5.74, 6) is 0. The van der Waals surface area contributed by atoms with Gasteiger partial charge in [0.05, 0.1) is 17.5 Å². The van der Waals surface area contributed by atoms with Gasteiger partial charge in [-0.15, -0.1) is 0 Å². The Labute approximate surface area is 89.7 Å². The van der Waals surface area contributed by atoms with Crippen LogP contribution in [0.25, 0.3) is 0 Å². The molecule has 15 heavy (non-hydrogen) atoms. The number of aliphatic hydroxyl groups is 1. The molecule has 1 aliphatic heterocycles. The number of aromatic nitrogens is 1. The van der Waals surface area contributed by atoms with Crippen molar-refractivity contribution in [1.82, 2.24) is 4.98 Å². The van der Waals surface area contributed by atoms with E-state index in [0.29, 0.717) is 0 Å². The lowest BCUT2D eigenvalue weighted by atomic mass is 10.1. The molecule has 1 fully saturated rings. The van der Waals surface area contributed by atoms with Crippen molar-refractivity contribution in [3.05, 3.63) is 24.0 Å².